The summed E-state index contributed by atoms with van der Waals surface area (Å²) >= 11 is 0. The summed E-state index contributed by atoms with van der Waals surface area (Å²) in [6, 6.07) is 4.47. The van der Waals surface area contributed by atoms with E-state index < -0.39 is 0 Å². The van der Waals surface area contributed by atoms with E-state index in [-0.39, 0.29) is 5.60 Å². The molecular formula is C16H26N2O2. The van der Waals surface area contributed by atoms with Gasteiger partial charge in [-0.05, 0) is 39.3 Å². The van der Waals surface area contributed by atoms with Crippen LogP contribution in [0.3, 0.4) is 0 Å². The molecule has 4 nitrogen and oxygen atoms in total. The van der Waals surface area contributed by atoms with Gasteiger partial charge in [-0.1, -0.05) is 6.92 Å². The lowest BCUT2D eigenvalue weighted by atomic mass is 9.92. The van der Waals surface area contributed by atoms with E-state index in [1.807, 2.05) is 18.3 Å². The average molecular weight is 278 g/mol. The van der Waals surface area contributed by atoms with Crippen molar-refractivity contribution in [1.29, 1.82) is 0 Å². The van der Waals surface area contributed by atoms with E-state index in [2.05, 4.69) is 30.7 Å². The molecule has 0 saturated carbocycles. The fourth-order valence-electron chi connectivity index (χ4n) is 2.89. The Kier molecular flexibility index (Phi) is 5.00. The minimum atomic E-state index is -0.0157. The average Bonchev–Trinajstić information content (AvgIpc) is 2.44. The quantitative estimate of drug-likeness (QED) is 0.829. The highest BCUT2D eigenvalue weighted by Crippen LogP contribution is 2.28. The van der Waals surface area contributed by atoms with Crippen LogP contribution in [0.4, 0.5) is 0 Å². The standard InChI is InChI=1S/C16H26N2O2/c1-5-18(14-7-9-20-16(2,3)11-14)12-13-10-15(19-4)6-8-17-13/h6,8,10,14H,5,7,9,11-12H2,1-4H3/t14-/m1/s1. The smallest absolute Gasteiger partial charge is 0.122 e. The van der Waals surface area contributed by atoms with Gasteiger partial charge in [-0.25, -0.2) is 0 Å². The summed E-state index contributed by atoms with van der Waals surface area (Å²) in [5.41, 5.74) is 1.05. The molecule has 0 aliphatic carbocycles. The molecule has 2 heterocycles. The van der Waals surface area contributed by atoms with Crippen LogP contribution >= 0.6 is 0 Å². The number of pyridine rings is 1. The van der Waals surface area contributed by atoms with Crippen LogP contribution in [-0.4, -0.2) is 41.8 Å². The molecule has 0 spiro atoms. The molecule has 1 fully saturated rings. The number of aromatic nitrogens is 1. The Bertz CT molecular complexity index is 434. The van der Waals surface area contributed by atoms with Gasteiger partial charge in [0.2, 0.25) is 0 Å². The summed E-state index contributed by atoms with van der Waals surface area (Å²) in [4.78, 5) is 6.95. The van der Waals surface area contributed by atoms with Crippen molar-refractivity contribution in [3.8, 4) is 5.75 Å². The SMILES string of the molecule is CCN(Cc1cc(OC)ccn1)[C@@H]1CCOC(C)(C)C1. The van der Waals surface area contributed by atoms with Crippen molar-refractivity contribution in [2.75, 3.05) is 20.3 Å². The van der Waals surface area contributed by atoms with Crippen molar-refractivity contribution >= 4 is 0 Å². The van der Waals surface area contributed by atoms with E-state index in [4.69, 9.17) is 9.47 Å². The zero-order chi connectivity index (χ0) is 14.6. The number of rotatable bonds is 5. The predicted octanol–water partition coefficient (Wildman–Crippen LogP) is 2.87. The fourth-order valence-corrected chi connectivity index (χ4v) is 2.89. The Morgan fingerprint density at radius 3 is 2.95 bits per heavy atom. The number of hydrogen-bond acceptors (Lipinski definition) is 4. The van der Waals surface area contributed by atoms with Gasteiger partial charge in [-0.3, -0.25) is 9.88 Å². The topological polar surface area (TPSA) is 34.6 Å². The highest BCUT2D eigenvalue weighted by Gasteiger charge is 2.31. The Labute approximate surface area is 122 Å². The number of methoxy groups -OCH3 is 1. The summed E-state index contributed by atoms with van der Waals surface area (Å²) in [5.74, 6) is 0.873. The lowest BCUT2D eigenvalue weighted by molar-refractivity contribution is -0.0840. The second-order valence-corrected chi connectivity index (χ2v) is 6.00. The Morgan fingerprint density at radius 2 is 2.30 bits per heavy atom. The van der Waals surface area contributed by atoms with Crippen molar-refractivity contribution in [3.63, 3.8) is 0 Å². The Hall–Kier alpha value is -1.13. The summed E-state index contributed by atoms with van der Waals surface area (Å²) in [7, 11) is 1.69. The maximum Gasteiger partial charge on any atom is 0.122 e. The lowest BCUT2D eigenvalue weighted by Crippen LogP contribution is -2.45. The molecule has 1 aliphatic rings. The van der Waals surface area contributed by atoms with Crippen molar-refractivity contribution in [1.82, 2.24) is 9.88 Å². The van der Waals surface area contributed by atoms with Gasteiger partial charge < -0.3 is 9.47 Å². The van der Waals surface area contributed by atoms with Crippen molar-refractivity contribution in [3.05, 3.63) is 24.0 Å². The predicted molar refractivity (Wildman–Crippen MR) is 79.9 cm³/mol. The maximum absolute atomic E-state index is 5.81. The van der Waals surface area contributed by atoms with E-state index in [9.17, 15) is 0 Å². The molecule has 4 heteroatoms. The molecule has 112 valence electrons. The van der Waals surface area contributed by atoms with Crippen LogP contribution in [-0.2, 0) is 11.3 Å². The van der Waals surface area contributed by atoms with E-state index in [1.54, 1.807) is 7.11 Å². The zero-order valence-electron chi connectivity index (χ0n) is 13.1. The first-order valence-corrected chi connectivity index (χ1v) is 7.41. The molecular weight excluding hydrogens is 252 g/mol. The molecule has 1 saturated heterocycles. The van der Waals surface area contributed by atoms with Crippen LogP contribution in [0.15, 0.2) is 18.3 Å². The third kappa shape index (κ3) is 3.93. The molecule has 0 bridgehead atoms. The summed E-state index contributed by atoms with van der Waals surface area (Å²) in [6.07, 6.45) is 3.99. The van der Waals surface area contributed by atoms with Crippen LogP contribution in [0, 0.1) is 0 Å². The largest absolute Gasteiger partial charge is 0.497 e. The van der Waals surface area contributed by atoms with Gasteiger partial charge in [0.1, 0.15) is 5.75 Å². The minimum Gasteiger partial charge on any atom is -0.497 e. The summed E-state index contributed by atoms with van der Waals surface area (Å²) < 4.78 is 11.1. The first kappa shape index (κ1) is 15.3. The molecule has 0 unspecified atom stereocenters. The molecule has 0 N–H and O–H groups in total. The fraction of sp³-hybridized carbons (Fsp3) is 0.688. The van der Waals surface area contributed by atoms with Gasteiger partial charge in [0.25, 0.3) is 0 Å². The molecule has 0 amide bonds. The molecule has 1 aromatic rings. The number of hydrogen-bond donors (Lipinski definition) is 0. The van der Waals surface area contributed by atoms with Crippen molar-refractivity contribution < 1.29 is 9.47 Å². The first-order chi connectivity index (χ1) is 9.54. The number of ether oxygens (including phenoxy) is 2. The van der Waals surface area contributed by atoms with Gasteiger partial charge in [0, 0.05) is 31.5 Å². The van der Waals surface area contributed by atoms with Gasteiger partial charge >= 0.3 is 0 Å². The lowest BCUT2D eigenvalue weighted by Gasteiger charge is -2.40. The highest BCUT2D eigenvalue weighted by molar-refractivity contribution is 5.22. The van der Waals surface area contributed by atoms with Gasteiger partial charge in [0.05, 0.1) is 18.4 Å². The molecule has 0 aromatic carbocycles. The Morgan fingerprint density at radius 1 is 1.50 bits per heavy atom. The molecule has 0 radical (unpaired) electrons. The third-order valence-electron chi connectivity index (χ3n) is 3.98. The summed E-state index contributed by atoms with van der Waals surface area (Å²) in [5, 5.41) is 0. The van der Waals surface area contributed by atoms with Crippen molar-refractivity contribution in [2.24, 2.45) is 0 Å². The van der Waals surface area contributed by atoms with Crippen LogP contribution in [0.2, 0.25) is 0 Å². The minimum absolute atomic E-state index is 0.0157. The third-order valence-corrected chi connectivity index (χ3v) is 3.98. The van der Waals surface area contributed by atoms with Crippen LogP contribution in [0.25, 0.3) is 0 Å². The molecule has 2 rings (SSSR count). The van der Waals surface area contributed by atoms with E-state index in [0.29, 0.717) is 6.04 Å². The highest BCUT2D eigenvalue weighted by atomic mass is 16.5. The zero-order valence-corrected chi connectivity index (χ0v) is 13.1. The van der Waals surface area contributed by atoms with E-state index >= 15 is 0 Å². The van der Waals surface area contributed by atoms with Crippen LogP contribution in [0.5, 0.6) is 5.75 Å². The van der Waals surface area contributed by atoms with Crippen LogP contribution in [0.1, 0.15) is 39.3 Å². The molecule has 1 aliphatic heterocycles. The monoisotopic (exact) mass is 278 g/mol. The second-order valence-electron chi connectivity index (χ2n) is 6.00. The van der Waals surface area contributed by atoms with Gasteiger partial charge in [-0.15, -0.1) is 0 Å². The van der Waals surface area contributed by atoms with E-state index in [0.717, 1.165) is 44.0 Å². The van der Waals surface area contributed by atoms with Crippen LogP contribution < -0.4 is 4.74 Å². The summed E-state index contributed by atoms with van der Waals surface area (Å²) in [6.45, 7) is 9.31. The second kappa shape index (κ2) is 6.55. The first-order valence-electron chi connectivity index (χ1n) is 7.41. The molecule has 1 atom stereocenters. The number of nitrogens with zero attached hydrogens (tertiary/aromatic N) is 2. The van der Waals surface area contributed by atoms with Gasteiger partial charge in [0.15, 0.2) is 0 Å². The normalized spacial score (nSPS) is 21.9. The Balaban J connectivity index is 2.04. The molecule has 20 heavy (non-hydrogen) atoms. The molecule has 1 aromatic heterocycles. The maximum atomic E-state index is 5.81. The van der Waals surface area contributed by atoms with Gasteiger partial charge in [-0.2, -0.15) is 0 Å². The van der Waals surface area contributed by atoms with E-state index in [1.165, 1.54) is 0 Å². The van der Waals surface area contributed by atoms with Crippen molar-refractivity contribution in [2.45, 2.75) is 51.8 Å².